The van der Waals surface area contributed by atoms with Gasteiger partial charge in [0, 0.05) is 23.0 Å². The largest absolute Gasteiger partial charge is 0.458 e. The van der Waals surface area contributed by atoms with Crippen LogP contribution in [-0.4, -0.2) is 14.1 Å². The number of rotatable bonds is 7. The van der Waals surface area contributed by atoms with Crippen LogP contribution in [0.1, 0.15) is 104 Å². The molecule has 12 aromatic rings. The van der Waals surface area contributed by atoms with E-state index in [1.807, 2.05) is 12.3 Å². The van der Waals surface area contributed by atoms with Crippen LogP contribution in [0.15, 0.2) is 188 Å². The summed E-state index contributed by atoms with van der Waals surface area (Å²) in [4.78, 5) is 4.93. The smallest absolute Gasteiger partial charge is 0.269 e. The highest BCUT2D eigenvalue weighted by molar-refractivity contribution is 6.09. The normalized spacial score (nSPS) is 15.9. The van der Waals surface area contributed by atoms with Gasteiger partial charge in [0.25, 0.3) is 6.33 Å². The lowest BCUT2D eigenvalue weighted by Crippen LogP contribution is -2.35. The summed E-state index contributed by atoms with van der Waals surface area (Å²) in [6.07, 6.45) is 5.92. The summed E-state index contributed by atoms with van der Waals surface area (Å²) in [5.41, 5.74) is 17.6. The van der Waals surface area contributed by atoms with Crippen molar-refractivity contribution in [3.8, 4) is 50.9 Å². The second-order valence-corrected chi connectivity index (χ2v) is 25.1. The van der Waals surface area contributed by atoms with Crippen LogP contribution in [0.2, 0.25) is 0 Å². The Bertz CT molecular complexity index is 4340. The SMILES string of the molecule is CC(C)(C)c1ccnc(-n2c3ccccc3c3ccc(Oc4cccc(-n5[c-][n+](-c6c(-c7cc8c9c(cccc9c7)C(C)(C)C8(C)C)cccc6-c6cc7c8c(cccc8c6)C(C)(C)C7(C)C)c6ccccc65)c4)cc32)c1. The molecule has 0 bridgehead atoms. The van der Waals surface area contributed by atoms with E-state index in [9.17, 15) is 0 Å². The lowest BCUT2D eigenvalue weighted by atomic mass is 9.66. The van der Waals surface area contributed by atoms with Crippen LogP contribution in [-0.2, 0) is 27.1 Å². The molecule has 0 spiro atoms. The predicted octanol–water partition coefficient (Wildman–Crippen LogP) is 18.1. The molecule has 5 heteroatoms. The first-order chi connectivity index (χ1) is 36.8. The minimum Gasteiger partial charge on any atom is -0.458 e. The van der Waals surface area contributed by atoms with Crippen molar-refractivity contribution in [2.75, 3.05) is 0 Å². The number of pyridine rings is 1. The number of nitrogens with zero attached hydrogens (tertiary/aromatic N) is 4. The third-order valence-electron chi connectivity index (χ3n) is 19.0. The molecule has 0 saturated carbocycles. The molecule has 0 N–H and O–H groups in total. The second kappa shape index (κ2) is 16.1. The van der Waals surface area contributed by atoms with Crippen molar-refractivity contribution >= 4 is 54.4 Å². The Morgan fingerprint density at radius 2 is 1.04 bits per heavy atom. The molecule has 3 aromatic heterocycles. The fraction of sp³-hybridized carbons (Fsp3) is 0.222. The van der Waals surface area contributed by atoms with Crippen molar-refractivity contribution in [2.45, 2.75) is 103 Å². The molecule has 77 heavy (non-hydrogen) atoms. The van der Waals surface area contributed by atoms with Crippen molar-refractivity contribution in [1.82, 2.24) is 14.1 Å². The maximum atomic E-state index is 6.89. The zero-order chi connectivity index (χ0) is 53.1. The van der Waals surface area contributed by atoms with E-state index in [0.29, 0.717) is 0 Å². The van der Waals surface area contributed by atoms with E-state index >= 15 is 0 Å². The van der Waals surface area contributed by atoms with Gasteiger partial charge >= 0.3 is 0 Å². The van der Waals surface area contributed by atoms with Gasteiger partial charge in [-0.1, -0.05) is 191 Å². The number of imidazole rings is 1. The average molecular weight is 1000 g/mol. The Labute approximate surface area is 452 Å². The molecule has 0 radical (unpaired) electrons. The Kier molecular flexibility index (Phi) is 9.88. The fourth-order valence-corrected chi connectivity index (χ4v) is 13.3. The van der Waals surface area contributed by atoms with Crippen LogP contribution >= 0.6 is 0 Å². The lowest BCUT2D eigenvalue weighted by Gasteiger charge is -2.37. The van der Waals surface area contributed by atoms with Gasteiger partial charge in [0.05, 0.1) is 33.4 Å². The van der Waals surface area contributed by atoms with Gasteiger partial charge in [0.15, 0.2) is 0 Å². The van der Waals surface area contributed by atoms with Crippen LogP contribution in [0.4, 0.5) is 0 Å². The van der Waals surface area contributed by atoms with E-state index in [4.69, 9.17) is 9.72 Å². The van der Waals surface area contributed by atoms with Gasteiger partial charge in [0.1, 0.15) is 17.3 Å². The van der Waals surface area contributed by atoms with Crippen LogP contribution in [0.5, 0.6) is 11.5 Å². The Morgan fingerprint density at radius 1 is 0.481 bits per heavy atom. The zero-order valence-corrected chi connectivity index (χ0v) is 46.1. The monoisotopic (exact) mass is 1000 g/mol. The third kappa shape index (κ3) is 6.71. The quantitative estimate of drug-likeness (QED) is 0.118. The highest BCUT2D eigenvalue weighted by Crippen LogP contribution is 2.57. The molecule has 14 rings (SSSR count). The summed E-state index contributed by atoms with van der Waals surface area (Å²) in [6.45, 7) is 26.1. The summed E-state index contributed by atoms with van der Waals surface area (Å²) in [5.74, 6) is 2.36. The third-order valence-corrected chi connectivity index (χ3v) is 19.0. The van der Waals surface area contributed by atoms with Gasteiger partial charge in [-0.25, -0.2) is 4.98 Å². The van der Waals surface area contributed by atoms with E-state index in [0.717, 1.165) is 67.3 Å². The molecule has 0 fully saturated rings. The molecule has 0 saturated heterocycles. The average Bonchev–Trinajstić information content (AvgIpc) is 4.28. The van der Waals surface area contributed by atoms with E-state index in [2.05, 4.69) is 272 Å². The van der Waals surface area contributed by atoms with E-state index in [1.165, 1.54) is 65.9 Å². The molecule has 2 aliphatic rings. The number of para-hydroxylation sites is 4. The number of fused-ring (bicyclic) bond motifs is 4. The number of benzene rings is 9. The van der Waals surface area contributed by atoms with Crippen LogP contribution in [0, 0.1) is 6.33 Å². The van der Waals surface area contributed by atoms with Gasteiger partial charge < -0.3 is 4.74 Å². The predicted molar refractivity (Wildman–Crippen MR) is 319 cm³/mol. The van der Waals surface area contributed by atoms with Crippen molar-refractivity contribution < 1.29 is 9.30 Å². The molecular weight excluding hydrogens is 937 g/mol. The van der Waals surface area contributed by atoms with Crippen molar-refractivity contribution in [2.24, 2.45) is 0 Å². The molecule has 9 aromatic carbocycles. The summed E-state index contributed by atoms with van der Waals surface area (Å²) in [6, 6.07) is 67.0. The highest BCUT2D eigenvalue weighted by Gasteiger charge is 2.48. The fourth-order valence-electron chi connectivity index (χ4n) is 13.3. The van der Waals surface area contributed by atoms with Gasteiger partial charge in [-0.15, -0.1) is 0 Å². The van der Waals surface area contributed by atoms with Crippen molar-refractivity contribution in [1.29, 1.82) is 0 Å². The number of ether oxygens (including phenoxy) is 1. The first kappa shape index (κ1) is 47.2. The maximum Gasteiger partial charge on any atom is 0.269 e. The van der Waals surface area contributed by atoms with Crippen molar-refractivity contribution in [3.05, 3.63) is 222 Å². The summed E-state index contributed by atoms with van der Waals surface area (Å²) in [5, 5.41) is 7.67. The Hall–Kier alpha value is -8.28. The standard InChI is InChI=1S/C72H64N4O/c1-68(2,3)48-34-35-73-64(40-48)76-60-29-13-12-24-54(60)55-33-32-51(42-63(55)76)77-50-23-18-22-49(41-50)74-43-75(62-31-15-14-30-61(62)74)67-52(46-36-44-20-16-27-56-65(44)58(38-46)71(8,9)69(56,4)5)25-19-26-53(67)47-37-45-21-17-28-57-66(45)59(39-47)72(10,11)70(57,6)7/h12-42H,1-11H3. The molecule has 0 atom stereocenters. The molecule has 3 heterocycles. The lowest BCUT2D eigenvalue weighted by molar-refractivity contribution is -0.571. The Morgan fingerprint density at radius 3 is 1.69 bits per heavy atom. The number of aromatic nitrogens is 4. The van der Waals surface area contributed by atoms with Crippen molar-refractivity contribution in [3.63, 3.8) is 0 Å². The van der Waals surface area contributed by atoms with Crippen LogP contribution in [0.3, 0.4) is 0 Å². The minimum absolute atomic E-state index is 0.0251. The van der Waals surface area contributed by atoms with Gasteiger partial charge in [-0.3, -0.25) is 13.7 Å². The Balaban J connectivity index is 0.944. The van der Waals surface area contributed by atoms with Gasteiger partial charge in [0.2, 0.25) is 0 Å². The maximum absolute atomic E-state index is 6.89. The van der Waals surface area contributed by atoms with Crippen LogP contribution in [0.25, 0.3) is 93.8 Å². The number of hydrogen-bond acceptors (Lipinski definition) is 2. The summed E-state index contributed by atoms with van der Waals surface area (Å²) in [7, 11) is 0. The second-order valence-electron chi connectivity index (χ2n) is 25.1. The van der Waals surface area contributed by atoms with Crippen LogP contribution < -0.4 is 9.30 Å². The molecule has 0 amide bonds. The molecule has 2 aliphatic carbocycles. The molecule has 5 nitrogen and oxygen atoms in total. The van der Waals surface area contributed by atoms with E-state index in [1.54, 1.807) is 0 Å². The molecule has 0 aliphatic heterocycles. The zero-order valence-electron chi connectivity index (χ0n) is 46.1. The first-order valence-electron chi connectivity index (χ1n) is 27.4. The van der Waals surface area contributed by atoms with Gasteiger partial charge in [-0.2, -0.15) is 0 Å². The summed E-state index contributed by atoms with van der Waals surface area (Å²) < 4.78 is 13.7. The highest BCUT2D eigenvalue weighted by atomic mass is 16.5. The number of hydrogen-bond donors (Lipinski definition) is 0. The minimum atomic E-state index is -0.0941. The van der Waals surface area contributed by atoms with E-state index < -0.39 is 0 Å². The molecule has 378 valence electrons. The van der Waals surface area contributed by atoms with Gasteiger partial charge in [-0.05, 0) is 159 Å². The summed E-state index contributed by atoms with van der Waals surface area (Å²) >= 11 is 0. The first-order valence-corrected chi connectivity index (χ1v) is 27.4. The molecule has 0 unspecified atom stereocenters. The molecular formula is C72H64N4O. The topological polar surface area (TPSA) is 35.9 Å². The van der Waals surface area contributed by atoms with E-state index in [-0.39, 0.29) is 27.1 Å².